The minimum Gasteiger partial charge on any atom is -0.458 e. The van der Waals surface area contributed by atoms with Crippen LogP contribution in [0.1, 0.15) is 83.8 Å². The molecular weight excluding hydrogens is 601 g/mol. The third-order valence-electron chi connectivity index (χ3n) is 8.66. The van der Waals surface area contributed by atoms with Crippen molar-refractivity contribution in [3.05, 3.63) is 69.4 Å². The van der Waals surface area contributed by atoms with Crippen molar-refractivity contribution in [2.45, 2.75) is 80.7 Å². The Morgan fingerprint density at radius 1 is 0.929 bits per heavy atom. The number of aromatic nitrogens is 1. The number of piperidine rings is 1. The quantitative estimate of drug-likeness (QED) is 0.297. The van der Waals surface area contributed by atoms with Crippen LogP contribution in [-0.2, 0) is 14.8 Å². The molecular formula is C30H29Cl2N3O6S. The monoisotopic (exact) mass is 629 g/mol. The van der Waals surface area contributed by atoms with Crippen LogP contribution >= 0.6 is 23.2 Å². The zero-order valence-electron chi connectivity index (χ0n) is 22.6. The number of hydrogen-bond donors (Lipinski definition) is 1. The topological polar surface area (TPSA) is 119 Å². The Hall–Kier alpha value is -3.08. The van der Waals surface area contributed by atoms with Gasteiger partial charge in [0.2, 0.25) is 10.0 Å². The molecule has 2 bridgehead atoms. The molecule has 1 amide bonds. The fourth-order valence-electron chi connectivity index (χ4n) is 6.31. The Morgan fingerprint density at radius 3 is 2.17 bits per heavy atom. The number of fused-ring (bicyclic) bond motifs is 2. The van der Waals surface area contributed by atoms with Gasteiger partial charge in [-0.2, -0.15) is 0 Å². The second kappa shape index (κ2) is 10.6. The average molecular weight is 631 g/mol. The number of carbonyl (C=O) groups excluding carboxylic acids is 2. The van der Waals surface area contributed by atoms with E-state index in [0.717, 1.165) is 31.4 Å². The third-order valence-corrected chi connectivity index (χ3v) is 11.1. The highest BCUT2D eigenvalue weighted by atomic mass is 35.5. The van der Waals surface area contributed by atoms with E-state index >= 15 is 0 Å². The SMILES string of the molecule is O=C(NS(=O)(=O)C1CC1)c1ccc(N2[C@@H]3CC[C@H]2C[C@@H](OC(=O)c2c(-c4c(Cl)cccc4Cl)noc2C2CC2)C3)cc1. The van der Waals surface area contributed by atoms with Gasteiger partial charge in [0.1, 0.15) is 17.4 Å². The second-order valence-electron chi connectivity index (χ2n) is 11.7. The molecule has 9 nitrogen and oxygen atoms in total. The predicted octanol–water partition coefficient (Wildman–Crippen LogP) is 6.10. The van der Waals surface area contributed by atoms with E-state index in [-0.39, 0.29) is 24.1 Å². The average Bonchev–Trinajstić information content (AvgIpc) is 3.89. The summed E-state index contributed by atoms with van der Waals surface area (Å²) in [5.74, 6) is -0.426. The summed E-state index contributed by atoms with van der Waals surface area (Å²) in [5.41, 5.74) is 2.33. The largest absolute Gasteiger partial charge is 0.458 e. The van der Waals surface area contributed by atoms with Gasteiger partial charge in [0.25, 0.3) is 5.91 Å². The van der Waals surface area contributed by atoms with E-state index in [0.29, 0.717) is 63.9 Å². The van der Waals surface area contributed by atoms with Crippen molar-refractivity contribution in [3.63, 3.8) is 0 Å². The van der Waals surface area contributed by atoms with Crippen LogP contribution in [0.2, 0.25) is 10.0 Å². The number of nitrogens with zero attached hydrogens (tertiary/aromatic N) is 2. The number of sulfonamides is 1. The van der Waals surface area contributed by atoms with E-state index in [1.165, 1.54) is 0 Å². The van der Waals surface area contributed by atoms with Gasteiger partial charge in [0, 0.05) is 47.7 Å². The summed E-state index contributed by atoms with van der Waals surface area (Å²) in [7, 11) is -3.61. The van der Waals surface area contributed by atoms with Gasteiger partial charge >= 0.3 is 5.97 Å². The minimum atomic E-state index is -3.61. The van der Waals surface area contributed by atoms with Crippen LogP contribution in [-0.4, -0.2) is 48.9 Å². The maximum Gasteiger partial charge on any atom is 0.344 e. The van der Waals surface area contributed by atoms with Crippen LogP contribution in [0.3, 0.4) is 0 Å². The summed E-state index contributed by atoms with van der Waals surface area (Å²) in [4.78, 5) is 28.5. The van der Waals surface area contributed by atoms with Gasteiger partial charge in [-0.1, -0.05) is 34.4 Å². The van der Waals surface area contributed by atoms with Crippen molar-refractivity contribution < 1.29 is 27.3 Å². The Balaban J connectivity index is 1.06. The molecule has 3 aromatic rings. The molecule has 2 aliphatic carbocycles. The van der Waals surface area contributed by atoms with Crippen molar-refractivity contribution in [2.75, 3.05) is 4.90 Å². The van der Waals surface area contributed by atoms with E-state index < -0.39 is 27.1 Å². The molecule has 2 aromatic carbocycles. The molecule has 0 unspecified atom stereocenters. The Bertz CT molecular complexity index is 1630. The molecule has 0 radical (unpaired) electrons. The molecule has 4 fully saturated rings. The van der Waals surface area contributed by atoms with E-state index in [1.54, 1.807) is 30.3 Å². The number of ether oxygens (including phenoxy) is 1. The zero-order chi connectivity index (χ0) is 29.2. The van der Waals surface area contributed by atoms with Gasteiger partial charge in [-0.25, -0.2) is 17.9 Å². The maximum atomic E-state index is 13.7. The number of amides is 1. The Kier molecular flexibility index (Phi) is 6.98. The first-order chi connectivity index (χ1) is 20.2. The molecule has 7 rings (SSSR count). The molecule has 2 saturated carbocycles. The normalized spacial score (nSPS) is 23.6. The molecule has 2 aliphatic heterocycles. The predicted molar refractivity (Wildman–Crippen MR) is 158 cm³/mol. The van der Waals surface area contributed by atoms with Crippen LogP contribution in [0.15, 0.2) is 47.0 Å². The standard InChI is InChI=1S/C30H29Cl2N3O6S/c31-23-2-1-3-24(32)25(23)27-26(28(41-33-27)16-4-5-16)30(37)40-21-14-19-10-11-20(15-21)35(19)18-8-6-17(7-9-18)29(36)34-42(38,39)22-12-13-22/h1-3,6-9,16,19-22H,4-5,10-15H2,(H,34,36)/t19-,20+,21+. The van der Waals surface area contributed by atoms with E-state index in [9.17, 15) is 18.0 Å². The number of hydrogen-bond acceptors (Lipinski definition) is 8. The van der Waals surface area contributed by atoms with E-state index in [2.05, 4.69) is 14.8 Å². The Labute approximate surface area is 253 Å². The van der Waals surface area contributed by atoms with Gasteiger partial charge in [-0.3, -0.25) is 4.79 Å². The van der Waals surface area contributed by atoms with Crippen LogP contribution in [0, 0.1) is 0 Å². The van der Waals surface area contributed by atoms with Crippen LogP contribution in [0.25, 0.3) is 11.3 Å². The lowest BCUT2D eigenvalue weighted by Crippen LogP contribution is -2.46. The summed E-state index contributed by atoms with van der Waals surface area (Å²) in [6, 6.07) is 12.5. The van der Waals surface area contributed by atoms with Gasteiger partial charge in [0.05, 0.1) is 15.3 Å². The van der Waals surface area contributed by atoms with Crippen LogP contribution in [0.4, 0.5) is 5.69 Å². The number of nitrogens with one attached hydrogen (secondary N) is 1. The molecule has 42 heavy (non-hydrogen) atoms. The highest BCUT2D eigenvalue weighted by molar-refractivity contribution is 7.91. The number of carbonyl (C=O) groups is 2. The summed E-state index contributed by atoms with van der Waals surface area (Å²) < 4.78 is 38.2. The number of esters is 1. The van der Waals surface area contributed by atoms with Crippen molar-refractivity contribution in [2.24, 2.45) is 0 Å². The summed E-state index contributed by atoms with van der Waals surface area (Å²) in [6.07, 6.45) is 5.99. The molecule has 0 spiro atoms. The number of rotatable bonds is 8. The lowest BCUT2D eigenvalue weighted by atomic mass is 9.98. The van der Waals surface area contributed by atoms with Gasteiger partial charge in [-0.15, -0.1) is 0 Å². The smallest absolute Gasteiger partial charge is 0.344 e. The van der Waals surface area contributed by atoms with Gasteiger partial charge < -0.3 is 14.2 Å². The molecule has 4 aliphatic rings. The summed E-state index contributed by atoms with van der Waals surface area (Å²) in [6.45, 7) is 0. The van der Waals surface area contributed by atoms with Crippen molar-refractivity contribution in [1.29, 1.82) is 0 Å². The van der Waals surface area contributed by atoms with Gasteiger partial charge in [-0.05, 0) is 74.9 Å². The summed E-state index contributed by atoms with van der Waals surface area (Å²) in [5, 5.41) is 4.51. The molecule has 12 heteroatoms. The number of halogens is 2. The fourth-order valence-corrected chi connectivity index (χ4v) is 8.18. The first-order valence-corrected chi connectivity index (χ1v) is 16.6. The zero-order valence-corrected chi connectivity index (χ0v) is 24.9. The number of benzene rings is 2. The van der Waals surface area contributed by atoms with Crippen LogP contribution < -0.4 is 9.62 Å². The molecule has 220 valence electrons. The van der Waals surface area contributed by atoms with Crippen molar-refractivity contribution in [3.8, 4) is 11.3 Å². The summed E-state index contributed by atoms with van der Waals surface area (Å²) >= 11 is 12.9. The molecule has 1 N–H and O–H groups in total. The highest BCUT2D eigenvalue weighted by Crippen LogP contribution is 2.47. The fraction of sp³-hybridized carbons (Fsp3) is 0.433. The van der Waals surface area contributed by atoms with E-state index in [4.69, 9.17) is 32.5 Å². The third kappa shape index (κ3) is 5.18. The second-order valence-corrected chi connectivity index (χ2v) is 14.4. The molecule has 3 heterocycles. The Morgan fingerprint density at radius 2 is 1.57 bits per heavy atom. The molecule has 1 aromatic heterocycles. The first-order valence-electron chi connectivity index (χ1n) is 14.3. The highest BCUT2D eigenvalue weighted by Gasteiger charge is 2.44. The maximum absolute atomic E-state index is 13.7. The van der Waals surface area contributed by atoms with E-state index in [1.807, 2.05) is 12.1 Å². The lowest BCUT2D eigenvalue weighted by Gasteiger charge is -2.40. The lowest BCUT2D eigenvalue weighted by molar-refractivity contribution is 0.0202. The number of anilines is 1. The van der Waals surface area contributed by atoms with Gasteiger partial charge in [0.15, 0.2) is 5.76 Å². The van der Waals surface area contributed by atoms with Crippen molar-refractivity contribution >= 4 is 50.8 Å². The van der Waals surface area contributed by atoms with Crippen molar-refractivity contribution in [1.82, 2.24) is 9.88 Å². The minimum absolute atomic E-state index is 0.131. The van der Waals surface area contributed by atoms with Crippen LogP contribution in [0.5, 0.6) is 0 Å². The molecule has 2 saturated heterocycles. The molecule has 3 atom stereocenters. The first kappa shape index (κ1) is 27.7.